The zero-order valence-electron chi connectivity index (χ0n) is 22.1. The van der Waals surface area contributed by atoms with Crippen LogP contribution >= 0.6 is 0 Å². The molecule has 13 heteroatoms. The Hall–Kier alpha value is -3.32. The minimum Gasteiger partial charge on any atom is -0.394 e. The van der Waals surface area contributed by atoms with Crippen LogP contribution in [0.5, 0.6) is 0 Å². The van der Waals surface area contributed by atoms with E-state index in [9.17, 15) is 46.1 Å². The predicted molar refractivity (Wildman–Crippen MR) is 133 cm³/mol. The van der Waals surface area contributed by atoms with E-state index in [1.807, 2.05) is 0 Å². The minimum absolute atomic E-state index is 0.0102. The lowest BCUT2D eigenvalue weighted by Gasteiger charge is -2.36. The van der Waals surface area contributed by atoms with Crippen molar-refractivity contribution in [1.82, 2.24) is 15.1 Å². The van der Waals surface area contributed by atoms with Crippen molar-refractivity contribution in [3.8, 4) is 0 Å². The van der Waals surface area contributed by atoms with Gasteiger partial charge in [-0.25, -0.2) is 4.79 Å². The average Bonchev–Trinajstić information content (AvgIpc) is 3.35. The number of aliphatic hydroxyl groups is 2. The highest BCUT2D eigenvalue weighted by Gasteiger charge is 2.45. The van der Waals surface area contributed by atoms with Crippen LogP contribution in [0.3, 0.4) is 0 Å². The molecule has 2 atom stereocenters. The monoisotopic (exact) mass is 575 g/mol. The Balaban J connectivity index is 1.98. The molecule has 1 saturated heterocycles. The molecule has 1 heterocycles. The van der Waals surface area contributed by atoms with Crippen LogP contribution in [0.25, 0.3) is 0 Å². The molecule has 1 aliphatic heterocycles. The van der Waals surface area contributed by atoms with E-state index in [0.29, 0.717) is 12.1 Å². The van der Waals surface area contributed by atoms with Crippen LogP contribution in [0.1, 0.15) is 42.0 Å². The second-order valence-electron chi connectivity index (χ2n) is 10.3. The number of alkyl halides is 6. The third-order valence-corrected chi connectivity index (χ3v) is 7.23. The van der Waals surface area contributed by atoms with Gasteiger partial charge in [-0.3, -0.25) is 4.79 Å². The number of aliphatic hydroxyl groups excluding tert-OH is 2. The lowest BCUT2D eigenvalue weighted by atomic mass is 9.80. The number of likely N-dealkylation sites (tertiary alicyclic amines) is 1. The summed E-state index contributed by atoms with van der Waals surface area (Å²) >= 11 is 0. The van der Waals surface area contributed by atoms with Crippen molar-refractivity contribution in [2.24, 2.45) is 0 Å². The molecule has 0 aliphatic carbocycles. The Bertz CT molecular complexity index is 1170. The number of urea groups is 1. The number of carbonyl (C=O) groups is 2. The van der Waals surface area contributed by atoms with E-state index >= 15 is 0 Å². The maximum absolute atomic E-state index is 13.8. The first-order valence-corrected chi connectivity index (χ1v) is 12.4. The fourth-order valence-electron chi connectivity index (χ4n) is 4.82. The Morgan fingerprint density at radius 1 is 0.925 bits per heavy atom. The van der Waals surface area contributed by atoms with Gasteiger partial charge in [0.05, 0.1) is 41.8 Å². The Morgan fingerprint density at radius 3 is 1.90 bits per heavy atom. The summed E-state index contributed by atoms with van der Waals surface area (Å²) in [6, 6.07) is 7.77. The first kappa shape index (κ1) is 31.2. The highest BCUT2D eigenvalue weighted by molar-refractivity contribution is 5.88. The van der Waals surface area contributed by atoms with Crippen LogP contribution in [0.2, 0.25) is 0 Å². The molecule has 3 amide bonds. The van der Waals surface area contributed by atoms with E-state index in [1.54, 1.807) is 30.3 Å². The van der Waals surface area contributed by atoms with E-state index in [-0.39, 0.29) is 19.2 Å². The van der Waals surface area contributed by atoms with Crippen LogP contribution in [0.15, 0.2) is 48.5 Å². The second kappa shape index (κ2) is 11.7. The van der Waals surface area contributed by atoms with Gasteiger partial charge in [-0.1, -0.05) is 30.3 Å². The van der Waals surface area contributed by atoms with Gasteiger partial charge >= 0.3 is 18.4 Å². The van der Waals surface area contributed by atoms with Gasteiger partial charge < -0.3 is 25.3 Å². The minimum atomic E-state index is -5.07. The lowest BCUT2D eigenvalue weighted by Crippen LogP contribution is -2.50. The molecule has 40 heavy (non-hydrogen) atoms. The Morgan fingerprint density at radius 2 is 1.43 bits per heavy atom. The van der Waals surface area contributed by atoms with Crippen LogP contribution in [0, 0.1) is 0 Å². The molecule has 1 aliphatic rings. The number of nitrogens with zero attached hydrogens (tertiary/aromatic N) is 2. The number of hydrogen-bond acceptors (Lipinski definition) is 4. The smallest absolute Gasteiger partial charge is 0.394 e. The quantitative estimate of drug-likeness (QED) is 0.436. The number of hydrogen-bond donors (Lipinski definition) is 3. The third kappa shape index (κ3) is 6.69. The number of carbonyl (C=O) groups excluding carboxylic acids is 2. The van der Waals surface area contributed by atoms with Gasteiger partial charge in [0, 0.05) is 26.1 Å². The van der Waals surface area contributed by atoms with Crippen molar-refractivity contribution in [2.45, 2.75) is 49.6 Å². The van der Waals surface area contributed by atoms with Gasteiger partial charge in [-0.2, -0.15) is 26.3 Å². The number of halogens is 6. The normalized spacial score (nSPS) is 18.2. The zero-order valence-corrected chi connectivity index (χ0v) is 22.1. The van der Waals surface area contributed by atoms with Crippen LogP contribution in [-0.4, -0.2) is 77.4 Å². The van der Waals surface area contributed by atoms with Crippen LogP contribution in [0.4, 0.5) is 31.1 Å². The molecule has 2 aromatic rings. The highest BCUT2D eigenvalue weighted by Crippen LogP contribution is 2.40. The first-order chi connectivity index (χ1) is 18.5. The average molecular weight is 576 g/mol. The summed E-state index contributed by atoms with van der Waals surface area (Å²) in [7, 11) is 1.40. The fraction of sp³-hybridized carbons (Fsp3) is 0.481. The van der Waals surface area contributed by atoms with Crippen molar-refractivity contribution >= 4 is 11.9 Å². The van der Waals surface area contributed by atoms with Gasteiger partial charge in [0.1, 0.15) is 0 Å². The molecule has 220 valence electrons. The molecular formula is C27H31F6N3O4. The van der Waals surface area contributed by atoms with Crippen molar-refractivity contribution in [2.75, 3.05) is 33.4 Å². The summed E-state index contributed by atoms with van der Waals surface area (Å²) in [5, 5.41) is 21.1. The fourth-order valence-corrected chi connectivity index (χ4v) is 4.82. The molecule has 0 radical (unpaired) electrons. The molecule has 0 bridgehead atoms. The van der Waals surface area contributed by atoms with Crippen molar-refractivity contribution < 1.29 is 46.1 Å². The maximum atomic E-state index is 13.8. The molecule has 7 nitrogen and oxygen atoms in total. The highest BCUT2D eigenvalue weighted by atomic mass is 19.4. The topological polar surface area (TPSA) is 93.1 Å². The van der Waals surface area contributed by atoms with Crippen molar-refractivity contribution in [3.05, 3.63) is 70.8 Å². The first-order valence-electron chi connectivity index (χ1n) is 12.4. The van der Waals surface area contributed by atoms with Gasteiger partial charge in [0.2, 0.25) is 5.91 Å². The molecule has 2 unspecified atom stereocenters. The summed E-state index contributed by atoms with van der Waals surface area (Å²) in [6.07, 6.45) is -10.1. The van der Waals surface area contributed by atoms with Gasteiger partial charge in [-0.05, 0) is 43.2 Å². The van der Waals surface area contributed by atoms with Crippen LogP contribution < -0.4 is 5.32 Å². The van der Waals surface area contributed by atoms with Gasteiger partial charge in [0.15, 0.2) is 0 Å². The zero-order chi connectivity index (χ0) is 30.0. The number of amides is 3. The summed E-state index contributed by atoms with van der Waals surface area (Å²) < 4.78 is 80.9. The Labute approximate surface area is 227 Å². The Kier molecular flexibility index (Phi) is 9.09. The molecule has 1 fully saturated rings. The van der Waals surface area contributed by atoms with E-state index in [4.69, 9.17) is 0 Å². The van der Waals surface area contributed by atoms with E-state index in [0.717, 1.165) is 5.56 Å². The van der Waals surface area contributed by atoms with E-state index in [2.05, 4.69) is 5.32 Å². The molecule has 0 spiro atoms. The summed E-state index contributed by atoms with van der Waals surface area (Å²) in [5.74, 6) is -1.18. The number of benzene rings is 2. The lowest BCUT2D eigenvalue weighted by molar-refractivity contribution is -0.144. The van der Waals surface area contributed by atoms with E-state index in [1.165, 1.54) is 30.7 Å². The summed E-state index contributed by atoms with van der Waals surface area (Å²) in [4.78, 5) is 29.3. The van der Waals surface area contributed by atoms with Crippen LogP contribution in [-0.2, 0) is 22.6 Å². The largest absolute Gasteiger partial charge is 0.416 e. The third-order valence-electron chi connectivity index (χ3n) is 7.23. The molecular weight excluding hydrogens is 544 g/mol. The molecule has 3 rings (SSSR count). The molecule has 0 saturated carbocycles. The number of likely N-dealkylation sites (N-methyl/N-ethyl adjacent to an activating group) is 1. The van der Waals surface area contributed by atoms with E-state index < -0.39 is 77.6 Å². The number of rotatable bonds is 7. The van der Waals surface area contributed by atoms with Gasteiger partial charge in [-0.15, -0.1) is 0 Å². The second-order valence-corrected chi connectivity index (χ2v) is 10.3. The summed E-state index contributed by atoms with van der Waals surface area (Å²) in [6.45, 7) is 1.61. The molecule has 2 aromatic carbocycles. The predicted octanol–water partition coefficient (Wildman–Crippen LogP) is 3.99. The van der Waals surface area contributed by atoms with Gasteiger partial charge in [0.25, 0.3) is 0 Å². The standard InChI is InChI=1S/C27H31F6N3O4/c1-25(2,17-9-18(26(28,29)30)11-19(10-17)27(31,32)33)23(39)35(3)22-13-36(24(40)34-20(14-37)15-38)12-21(22)16-7-5-4-6-8-16/h4-11,20-22,37-38H,12-15H2,1-3H3,(H,34,40). The summed E-state index contributed by atoms with van der Waals surface area (Å²) in [5.41, 5.74) is -4.53. The number of nitrogens with one attached hydrogen (secondary N) is 1. The van der Waals surface area contributed by atoms with Crippen molar-refractivity contribution in [3.63, 3.8) is 0 Å². The maximum Gasteiger partial charge on any atom is 0.416 e. The SMILES string of the molecule is CN(C(=O)C(C)(C)c1cc(C(F)(F)F)cc(C(F)(F)F)c1)C1CN(C(=O)NC(CO)CO)CC1c1ccccc1. The molecule has 0 aromatic heterocycles. The van der Waals surface area contributed by atoms with Crippen molar-refractivity contribution in [1.29, 1.82) is 0 Å². The molecule has 3 N–H and O–H groups in total.